The zero-order valence-electron chi connectivity index (χ0n) is 38.0. The summed E-state index contributed by atoms with van der Waals surface area (Å²) < 4.78 is 142. The maximum absolute atomic E-state index is 12.8. The Morgan fingerprint density at radius 2 is 1.25 bits per heavy atom. The summed E-state index contributed by atoms with van der Waals surface area (Å²) in [6, 6.07) is 17.7. The van der Waals surface area contributed by atoms with Gasteiger partial charge in [-0.25, -0.2) is 0 Å². The number of aryl methyl sites for hydroxylation is 1. The fourth-order valence-electron chi connectivity index (χ4n) is 9.62. The molecule has 20 heteroatoms. The Kier molecular flexibility index (Phi) is 13.4. The van der Waals surface area contributed by atoms with Crippen molar-refractivity contribution in [3.63, 3.8) is 0 Å². The fourth-order valence-corrected chi connectivity index (χ4v) is 12.3. The highest BCUT2D eigenvalue weighted by Gasteiger charge is 2.46. The zero-order valence-corrected chi connectivity index (χ0v) is 41.3. The van der Waals surface area contributed by atoms with E-state index in [0.29, 0.717) is 67.0 Å². The van der Waals surface area contributed by atoms with E-state index in [-0.39, 0.29) is 27.5 Å². The lowest BCUT2D eigenvalue weighted by Crippen LogP contribution is -2.28. The molecule has 5 aromatic rings. The molecule has 7 rings (SSSR count). The number of carbonyl (C=O) groups is 1. The molecule has 68 heavy (non-hydrogen) atoms. The van der Waals surface area contributed by atoms with Gasteiger partial charge < -0.3 is 10.2 Å². The summed E-state index contributed by atoms with van der Waals surface area (Å²) in [7, 11) is -19.7. The molecule has 5 aromatic carbocycles. The van der Waals surface area contributed by atoms with E-state index in [4.69, 9.17) is 0 Å². The van der Waals surface area contributed by atoms with E-state index >= 15 is 0 Å². The highest BCUT2D eigenvalue weighted by Crippen LogP contribution is 2.52. The normalized spacial score (nSPS) is 16.7. The van der Waals surface area contributed by atoms with E-state index in [2.05, 4.69) is 5.32 Å². The molecule has 0 aliphatic carbocycles. The van der Waals surface area contributed by atoms with E-state index in [0.717, 1.165) is 29.1 Å². The molecule has 0 radical (unpaired) electrons. The Morgan fingerprint density at radius 1 is 0.662 bits per heavy atom. The molecule has 0 aromatic heterocycles. The van der Waals surface area contributed by atoms with Gasteiger partial charge in [0.05, 0.1) is 15.2 Å². The van der Waals surface area contributed by atoms with Gasteiger partial charge >= 0.3 is 0 Å². The Morgan fingerprint density at radius 3 is 1.81 bits per heavy atom. The van der Waals surface area contributed by atoms with Crippen LogP contribution in [-0.2, 0) is 56.1 Å². The smallest absolute Gasteiger partial charge is 0.295 e. The second kappa shape index (κ2) is 18.1. The van der Waals surface area contributed by atoms with Crippen LogP contribution >= 0.6 is 0 Å². The topological polar surface area (TPSA) is 253 Å². The number of amides is 1. The van der Waals surface area contributed by atoms with Gasteiger partial charge in [0, 0.05) is 70.4 Å². The standard InChI is InChI=1S/C48H51N3O13S4/c1-7-50-38-22-20-34-36(26-32(65(53,54)55)28-40(34)67(59,60)61)45(38)47(3,4)42(50)17-10-8-11-18-43-48(5,6)46-37-27-33(66(56,57)58)29-41(68(62,63)64)35(37)21-23-39(46)51(43)24-13-9-12-19-44(52)49-31-16-14-15-30(2)25-31/h8,10-11,14-18,20-23,25-29H,7,9,12-13,19,24H2,1-6H3,(H4-,49,52,53,54,55,56,57,58,59,60,61,62,63,64)/p+1. The van der Waals surface area contributed by atoms with Crippen LogP contribution in [-0.4, -0.2) is 81.2 Å². The summed E-state index contributed by atoms with van der Waals surface area (Å²) in [6.07, 6.45) is 11.3. The first-order valence-electron chi connectivity index (χ1n) is 21.5. The van der Waals surface area contributed by atoms with Gasteiger partial charge in [-0.15, -0.1) is 0 Å². The first-order chi connectivity index (χ1) is 31.6. The van der Waals surface area contributed by atoms with Gasteiger partial charge in [-0.2, -0.15) is 38.2 Å². The number of carbonyl (C=O) groups excluding carboxylic acids is 1. The number of benzene rings is 5. The summed E-state index contributed by atoms with van der Waals surface area (Å²) in [5, 5.41) is 3.46. The second-order valence-corrected chi connectivity index (χ2v) is 23.5. The number of anilines is 2. The van der Waals surface area contributed by atoms with Gasteiger partial charge in [0.25, 0.3) is 40.5 Å². The summed E-state index contributed by atoms with van der Waals surface area (Å²) >= 11 is 0. The SMILES string of the molecule is CCN1/C(=C/C=C/C=C/C2=[N+](CCCCCC(=O)Nc3cccc(C)c3)c3ccc4c(S(=O)(=O)O)cc(S(=O)(=O)O)cc4c3C2(C)C)C(C)(C)c2c1ccc1c(S(=O)(=O)O)cc(S(=O)(=O)O)cc21. The van der Waals surface area contributed by atoms with Gasteiger partial charge in [-0.1, -0.05) is 50.3 Å². The molecule has 1 amide bonds. The predicted octanol–water partition coefficient (Wildman–Crippen LogP) is 8.68. The maximum Gasteiger partial charge on any atom is 0.295 e. The lowest BCUT2D eigenvalue weighted by atomic mass is 9.79. The zero-order chi connectivity index (χ0) is 49.9. The molecule has 0 unspecified atom stereocenters. The molecule has 2 aliphatic rings. The number of nitrogens with one attached hydrogen (secondary N) is 1. The fraction of sp³-hybridized carbons (Fsp3) is 0.292. The van der Waals surface area contributed by atoms with Crippen molar-refractivity contribution in [2.45, 2.75) is 97.6 Å². The van der Waals surface area contributed by atoms with E-state index in [1.165, 1.54) is 24.3 Å². The molecule has 0 fully saturated rings. The third-order valence-electron chi connectivity index (χ3n) is 12.6. The number of unbranched alkanes of at least 4 members (excludes halogenated alkanes) is 2. The molecule has 2 aliphatic heterocycles. The molecule has 0 atom stereocenters. The number of likely N-dealkylation sites (N-methyl/N-ethyl adjacent to an activating group) is 1. The summed E-state index contributed by atoms with van der Waals surface area (Å²) in [4.78, 5) is 12.0. The first-order valence-corrected chi connectivity index (χ1v) is 27.3. The van der Waals surface area contributed by atoms with Crippen LogP contribution in [0.1, 0.15) is 77.0 Å². The van der Waals surface area contributed by atoms with Crippen LogP contribution in [0.5, 0.6) is 0 Å². The molecule has 0 spiro atoms. The molecule has 16 nitrogen and oxygen atoms in total. The van der Waals surface area contributed by atoms with E-state index in [1.807, 2.05) is 87.4 Å². The lowest BCUT2D eigenvalue weighted by Gasteiger charge is -2.26. The minimum absolute atomic E-state index is 0.0555. The third kappa shape index (κ3) is 9.68. The molecular weight excluding hydrogens is 955 g/mol. The first kappa shape index (κ1) is 50.3. The Bertz CT molecular complexity index is 3540. The number of hydrogen-bond donors (Lipinski definition) is 5. The second-order valence-electron chi connectivity index (χ2n) is 17.9. The summed E-state index contributed by atoms with van der Waals surface area (Å²) in [5.41, 5.74) is 3.91. The van der Waals surface area contributed by atoms with Crippen LogP contribution in [0.25, 0.3) is 21.5 Å². The molecule has 0 bridgehead atoms. The lowest BCUT2D eigenvalue weighted by molar-refractivity contribution is -0.438. The van der Waals surface area contributed by atoms with Gasteiger partial charge in [0.15, 0.2) is 5.71 Å². The van der Waals surface area contributed by atoms with Crippen molar-refractivity contribution >= 4 is 90.7 Å². The summed E-state index contributed by atoms with van der Waals surface area (Å²) in [6.45, 7) is 12.3. The van der Waals surface area contributed by atoms with Crippen molar-refractivity contribution in [1.82, 2.24) is 0 Å². The van der Waals surface area contributed by atoms with Crippen molar-refractivity contribution in [3.8, 4) is 0 Å². The largest absolute Gasteiger partial charge is 0.344 e. The van der Waals surface area contributed by atoms with Crippen molar-refractivity contribution in [1.29, 1.82) is 0 Å². The van der Waals surface area contributed by atoms with Gasteiger partial charge in [0.2, 0.25) is 11.6 Å². The van der Waals surface area contributed by atoms with E-state index in [9.17, 15) is 56.7 Å². The van der Waals surface area contributed by atoms with Crippen LogP contribution in [0.4, 0.5) is 17.1 Å². The van der Waals surface area contributed by atoms with E-state index < -0.39 is 70.9 Å². The Hall–Kier alpha value is -5.58. The monoisotopic (exact) mass is 1010 g/mol. The molecular formula is C48H52N3O13S4+. The minimum atomic E-state index is -4.96. The van der Waals surface area contributed by atoms with Gasteiger partial charge in [-0.3, -0.25) is 23.0 Å². The van der Waals surface area contributed by atoms with E-state index in [1.54, 1.807) is 30.4 Å². The number of rotatable bonds is 15. The third-order valence-corrected chi connectivity index (χ3v) is 16.0. The molecule has 5 N–H and O–H groups in total. The number of fused-ring (bicyclic) bond motifs is 6. The minimum Gasteiger partial charge on any atom is -0.344 e. The highest BCUT2D eigenvalue weighted by molar-refractivity contribution is 7.87. The highest BCUT2D eigenvalue weighted by atomic mass is 32.2. The maximum atomic E-state index is 12.8. The molecule has 2 heterocycles. The van der Waals surface area contributed by atoms with Crippen LogP contribution in [0, 0.1) is 6.92 Å². The van der Waals surface area contributed by atoms with Crippen LogP contribution < -0.4 is 10.2 Å². The van der Waals surface area contributed by atoms with Crippen molar-refractivity contribution in [2.75, 3.05) is 23.3 Å². The van der Waals surface area contributed by atoms with Gasteiger partial charge in [-0.05, 0) is 117 Å². The number of allylic oxidation sites excluding steroid dienone is 6. The van der Waals surface area contributed by atoms with Crippen molar-refractivity contribution in [3.05, 3.63) is 126 Å². The van der Waals surface area contributed by atoms with Crippen molar-refractivity contribution < 1.29 is 61.3 Å². The van der Waals surface area contributed by atoms with Crippen LogP contribution in [0.3, 0.4) is 0 Å². The van der Waals surface area contributed by atoms with Crippen molar-refractivity contribution in [2.24, 2.45) is 0 Å². The van der Waals surface area contributed by atoms with Crippen LogP contribution in [0.15, 0.2) is 128 Å². The quantitative estimate of drug-likeness (QED) is 0.0285. The molecule has 360 valence electrons. The molecule has 0 saturated carbocycles. The Labute approximate surface area is 396 Å². The summed E-state index contributed by atoms with van der Waals surface area (Å²) in [5.74, 6) is -0.117. The average Bonchev–Trinajstić information content (AvgIpc) is 3.59. The number of nitrogens with zero attached hydrogens (tertiary/aromatic N) is 2. The number of hydrogen-bond acceptors (Lipinski definition) is 10. The average molecular weight is 1010 g/mol. The predicted molar refractivity (Wildman–Crippen MR) is 261 cm³/mol. The van der Waals surface area contributed by atoms with Gasteiger partial charge in [0.1, 0.15) is 16.3 Å². The molecule has 0 saturated heterocycles. The Balaban J connectivity index is 1.25. The van der Waals surface area contributed by atoms with Crippen LogP contribution in [0.2, 0.25) is 0 Å².